The van der Waals surface area contributed by atoms with Gasteiger partial charge in [-0.3, -0.25) is 0 Å². The van der Waals surface area contributed by atoms with Crippen molar-refractivity contribution in [2.45, 2.75) is 40.9 Å². The van der Waals surface area contributed by atoms with Crippen LogP contribution in [0.1, 0.15) is 33.4 Å². The van der Waals surface area contributed by atoms with E-state index >= 15 is 0 Å². The zero-order valence-electron chi connectivity index (χ0n) is 12.3. The first-order chi connectivity index (χ1) is 9.06. The molecule has 1 heteroatoms. The Morgan fingerprint density at radius 2 is 1.11 bits per heavy atom. The smallest absolute Gasteiger partial charge is 0.0724 e. The number of aryl methyl sites for hydroxylation is 4. The van der Waals surface area contributed by atoms with Crippen molar-refractivity contribution in [3.05, 3.63) is 69.8 Å². The van der Waals surface area contributed by atoms with Crippen LogP contribution in [-0.4, -0.2) is 0 Å². The molecule has 0 radical (unpaired) electrons. The molecule has 0 aliphatic heterocycles. The summed E-state index contributed by atoms with van der Waals surface area (Å²) < 4.78 is 5.85. The lowest BCUT2D eigenvalue weighted by Gasteiger charge is -2.10. The monoisotopic (exact) mass is 254 g/mol. The molecule has 2 aromatic rings. The molecule has 0 heterocycles. The molecule has 0 saturated heterocycles. The minimum Gasteiger partial charge on any atom is -0.372 e. The van der Waals surface area contributed by atoms with Crippen LogP contribution >= 0.6 is 0 Å². The number of ether oxygens (including phenoxy) is 1. The summed E-state index contributed by atoms with van der Waals surface area (Å²) in [6.45, 7) is 9.88. The fourth-order valence-corrected chi connectivity index (χ4v) is 2.29. The third-order valence-corrected chi connectivity index (χ3v) is 3.51. The minimum atomic E-state index is 0.680. The largest absolute Gasteiger partial charge is 0.372 e. The normalized spacial score (nSPS) is 10.7. The van der Waals surface area contributed by atoms with Crippen molar-refractivity contribution in [3.8, 4) is 0 Å². The Bertz CT molecular complexity index is 518. The Kier molecular flexibility index (Phi) is 4.39. The van der Waals surface area contributed by atoms with Gasteiger partial charge in [0.05, 0.1) is 13.2 Å². The van der Waals surface area contributed by atoms with Crippen LogP contribution in [0, 0.1) is 27.7 Å². The van der Waals surface area contributed by atoms with Gasteiger partial charge in [-0.1, -0.05) is 47.5 Å². The van der Waals surface area contributed by atoms with Crippen LogP contribution in [-0.2, 0) is 18.0 Å². The second-order valence-corrected chi connectivity index (χ2v) is 5.35. The van der Waals surface area contributed by atoms with Crippen LogP contribution in [0.3, 0.4) is 0 Å². The maximum Gasteiger partial charge on any atom is 0.0724 e. The third kappa shape index (κ3) is 3.68. The van der Waals surface area contributed by atoms with Crippen LogP contribution in [0.4, 0.5) is 0 Å². The average molecular weight is 254 g/mol. The van der Waals surface area contributed by atoms with E-state index in [0.29, 0.717) is 13.2 Å². The molecule has 2 aromatic carbocycles. The van der Waals surface area contributed by atoms with Gasteiger partial charge in [0.15, 0.2) is 0 Å². The van der Waals surface area contributed by atoms with Crippen molar-refractivity contribution in [3.63, 3.8) is 0 Å². The number of rotatable bonds is 4. The Morgan fingerprint density at radius 1 is 0.684 bits per heavy atom. The average Bonchev–Trinajstić information content (AvgIpc) is 2.34. The highest BCUT2D eigenvalue weighted by Gasteiger charge is 2.01. The lowest BCUT2D eigenvalue weighted by molar-refractivity contribution is 0.106. The second kappa shape index (κ2) is 6.03. The molecule has 0 unspecified atom stereocenters. The standard InChI is InChI=1S/C18H22O/c1-13-5-7-17(15(3)9-13)11-19-12-18-8-6-14(2)10-16(18)4/h5-10H,11-12H2,1-4H3. The molecule has 0 aliphatic rings. The van der Waals surface area contributed by atoms with Gasteiger partial charge >= 0.3 is 0 Å². The zero-order valence-corrected chi connectivity index (χ0v) is 12.3. The van der Waals surface area contributed by atoms with Crippen LogP contribution < -0.4 is 0 Å². The van der Waals surface area contributed by atoms with Gasteiger partial charge in [-0.05, 0) is 49.9 Å². The molecule has 0 fully saturated rings. The molecule has 19 heavy (non-hydrogen) atoms. The Labute approximate surface area is 116 Å². The Hall–Kier alpha value is -1.60. The van der Waals surface area contributed by atoms with Crippen molar-refractivity contribution in [1.82, 2.24) is 0 Å². The van der Waals surface area contributed by atoms with E-state index in [1.54, 1.807) is 0 Å². The number of benzene rings is 2. The maximum absolute atomic E-state index is 5.85. The van der Waals surface area contributed by atoms with Crippen molar-refractivity contribution in [1.29, 1.82) is 0 Å². The molecule has 0 aromatic heterocycles. The Morgan fingerprint density at radius 3 is 1.47 bits per heavy atom. The highest BCUT2D eigenvalue weighted by atomic mass is 16.5. The van der Waals surface area contributed by atoms with Crippen LogP contribution in [0.5, 0.6) is 0 Å². The van der Waals surface area contributed by atoms with Gasteiger partial charge in [0.2, 0.25) is 0 Å². The SMILES string of the molecule is Cc1ccc(COCc2ccc(C)cc2C)c(C)c1. The summed E-state index contributed by atoms with van der Waals surface area (Å²) in [4.78, 5) is 0. The summed E-state index contributed by atoms with van der Waals surface area (Å²) in [6.07, 6.45) is 0. The lowest BCUT2D eigenvalue weighted by atomic mass is 10.1. The Balaban J connectivity index is 1.96. The fourth-order valence-electron chi connectivity index (χ4n) is 2.29. The highest BCUT2D eigenvalue weighted by molar-refractivity contribution is 5.31. The predicted molar refractivity (Wildman–Crippen MR) is 80.3 cm³/mol. The van der Waals surface area contributed by atoms with Gasteiger partial charge in [0.1, 0.15) is 0 Å². The second-order valence-electron chi connectivity index (χ2n) is 5.35. The van der Waals surface area contributed by atoms with Gasteiger partial charge in [-0.15, -0.1) is 0 Å². The fraction of sp³-hybridized carbons (Fsp3) is 0.333. The van der Waals surface area contributed by atoms with Gasteiger partial charge < -0.3 is 4.74 Å². The lowest BCUT2D eigenvalue weighted by Crippen LogP contribution is -1.98. The molecule has 0 bridgehead atoms. The summed E-state index contributed by atoms with van der Waals surface area (Å²) in [6, 6.07) is 13.0. The van der Waals surface area contributed by atoms with E-state index in [4.69, 9.17) is 4.74 Å². The quantitative estimate of drug-likeness (QED) is 0.772. The van der Waals surface area contributed by atoms with Gasteiger partial charge in [0, 0.05) is 0 Å². The summed E-state index contributed by atoms with van der Waals surface area (Å²) in [5.41, 5.74) is 7.76. The van der Waals surface area contributed by atoms with Crippen molar-refractivity contribution in [2.75, 3.05) is 0 Å². The number of hydrogen-bond acceptors (Lipinski definition) is 1. The van der Waals surface area contributed by atoms with Gasteiger partial charge in [-0.2, -0.15) is 0 Å². The van der Waals surface area contributed by atoms with Crippen LogP contribution in [0.15, 0.2) is 36.4 Å². The first-order valence-corrected chi connectivity index (χ1v) is 6.76. The predicted octanol–water partition coefficient (Wildman–Crippen LogP) is 4.64. The first-order valence-electron chi connectivity index (χ1n) is 6.76. The molecule has 0 amide bonds. The minimum absolute atomic E-state index is 0.680. The van der Waals surface area contributed by atoms with E-state index in [2.05, 4.69) is 64.1 Å². The molecule has 0 aliphatic carbocycles. The van der Waals surface area contributed by atoms with Crippen molar-refractivity contribution in [2.24, 2.45) is 0 Å². The summed E-state index contributed by atoms with van der Waals surface area (Å²) in [5, 5.41) is 0. The molecule has 0 saturated carbocycles. The molecular weight excluding hydrogens is 232 g/mol. The molecule has 2 rings (SSSR count). The number of hydrogen-bond donors (Lipinski definition) is 0. The summed E-state index contributed by atoms with van der Waals surface area (Å²) in [7, 11) is 0. The van der Waals surface area contributed by atoms with Gasteiger partial charge in [-0.25, -0.2) is 0 Å². The maximum atomic E-state index is 5.85. The van der Waals surface area contributed by atoms with Crippen LogP contribution in [0.2, 0.25) is 0 Å². The zero-order chi connectivity index (χ0) is 13.8. The van der Waals surface area contributed by atoms with Gasteiger partial charge in [0.25, 0.3) is 0 Å². The van der Waals surface area contributed by atoms with E-state index in [-0.39, 0.29) is 0 Å². The van der Waals surface area contributed by atoms with Crippen molar-refractivity contribution < 1.29 is 4.74 Å². The molecule has 100 valence electrons. The van der Waals surface area contributed by atoms with E-state index in [1.807, 2.05) is 0 Å². The van der Waals surface area contributed by atoms with E-state index < -0.39 is 0 Å². The summed E-state index contributed by atoms with van der Waals surface area (Å²) in [5.74, 6) is 0. The summed E-state index contributed by atoms with van der Waals surface area (Å²) >= 11 is 0. The van der Waals surface area contributed by atoms with Crippen LogP contribution in [0.25, 0.3) is 0 Å². The third-order valence-electron chi connectivity index (χ3n) is 3.51. The van der Waals surface area contributed by atoms with E-state index in [9.17, 15) is 0 Å². The molecule has 0 atom stereocenters. The molecular formula is C18H22O. The van der Waals surface area contributed by atoms with E-state index in [1.165, 1.54) is 33.4 Å². The highest BCUT2D eigenvalue weighted by Crippen LogP contribution is 2.15. The molecule has 1 nitrogen and oxygen atoms in total. The topological polar surface area (TPSA) is 9.23 Å². The molecule has 0 N–H and O–H groups in total. The van der Waals surface area contributed by atoms with Crippen molar-refractivity contribution >= 4 is 0 Å². The molecule has 0 spiro atoms. The van der Waals surface area contributed by atoms with E-state index in [0.717, 1.165) is 0 Å². The first kappa shape index (κ1) is 13.8.